The highest BCUT2D eigenvalue weighted by atomic mass is 32.2. The number of nitrogens with zero attached hydrogens (tertiary/aromatic N) is 3. The average Bonchev–Trinajstić information content (AvgIpc) is 3.26. The average molecular weight is 476 g/mol. The van der Waals surface area contributed by atoms with Crippen LogP contribution >= 0.6 is 0 Å². The maximum absolute atomic E-state index is 13.6. The van der Waals surface area contributed by atoms with Gasteiger partial charge in [-0.3, -0.25) is 4.98 Å². The van der Waals surface area contributed by atoms with Crippen molar-refractivity contribution in [1.29, 1.82) is 0 Å². The number of para-hydroxylation sites is 2. The number of esters is 1. The number of guanidine groups is 1. The summed E-state index contributed by atoms with van der Waals surface area (Å²) in [5.41, 5.74) is 2.50. The summed E-state index contributed by atoms with van der Waals surface area (Å²) in [6, 6.07) is 16.8. The SMILES string of the molecule is COC(=O)C(Cc1c[nH]c2ccccc12)N=C1Nc2ccncc2S(=O)(=O)N1c1ccccc1. The van der Waals surface area contributed by atoms with Crippen LogP contribution in [-0.2, 0) is 26.0 Å². The van der Waals surface area contributed by atoms with E-state index in [1.807, 2.05) is 30.5 Å². The molecule has 10 heteroatoms. The number of ether oxygens (including phenoxy) is 1. The van der Waals surface area contributed by atoms with E-state index in [2.05, 4.69) is 20.3 Å². The van der Waals surface area contributed by atoms with Crippen LogP contribution in [0.3, 0.4) is 0 Å². The third-order valence-electron chi connectivity index (χ3n) is 5.57. The lowest BCUT2D eigenvalue weighted by molar-refractivity contribution is -0.142. The minimum Gasteiger partial charge on any atom is -0.467 e. The zero-order valence-corrected chi connectivity index (χ0v) is 19.0. The summed E-state index contributed by atoms with van der Waals surface area (Å²) in [5, 5.41) is 4.02. The number of anilines is 2. The van der Waals surface area contributed by atoms with Gasteiger partial charge in [-0.2, -0.15) is 0 Å². The molecule has 0 bridgehead atoms. The number of pyridine rings is 1. The summed E-state index contributed by atoms with van der Waals surface area (Å²) in [6.45, 7) is 0. The Morgan fingerprint density at radius 3 is 2.68 bits per heavy atom. The first-order valence-corrected chi connectivity index (χ1v) is 11.9. The molecule has 2 N–H and O–H groups in total. The van der Waals surface area contributed by atoms with Gasteiger partial charge in [-0.1, -0.05) is 36.4 Å². The quantitative estimate of drug-likeness (QED) is 0.428. The van der Waals surface area contributed by atoms with Crippen LogP contribution in [0, 0.1) is 0 Å². The third-order valence-corrected chi connectivity index (χ3v) is 7.32. The van der Waals surface area contributed by atoms with E-state index in [9.17, 15) is 13.2 Å². The van der Waals surface area contributed by atoms with Crippen molar-refractivity contribution in [3.63, 3.8) is 0 Å². The highest BCUT2D eigenvalue weighted by Gasteiger charge is 2.38. The first-order chi connectivity index (χ1) is 16.5. The number of hydrogen-bond acceptors (Lipinski definition) is 6. The zero-order chi connectivity index (χ0) is 23.7. The van der Waals surface area contributed by atoms with E-state index in [-0.39, 0.29) is 17.3 Å². The fourth-order valence-corrected chi connectivity index (χ4v) is 5.46. The Labute approximate surface area is 196 Å². The van der Waals surface area contributed by atoms with Crippen molar-refractivity contribution in [2.24, 2.45) is 4.99 Å². The predicted molar refractivity (Wildman–Crippen MR) is 129 cm³/mol. The van der Waals surface area contributed by atoms with Crippen LogP contribution in [0.1, 0.15) is 5.56 Å². The topological polar surface area (TPSA) is 117 Å². The molecule has 5 rings (SSSR count). The van der Waals surface area contributed by atoms with Gasteiger partial charge < -0.3 is 15.0 Å². The molecule has 0 fully saturated rings. The maximum Gasteiger partial charge on any atom is 0.331 e. The van der Waals surface area contributed by atoms with Crippen LogP contribution in [0.15, 0.2) is 89.1 Å². The highest BCUT2D eigenvalue weighted by molar-refractivity contribution is 7.94. The monoisotopic (exact) mass is 475 g/mol. The smallest absolute Gasteiger partial charge is 0.331 e. The molecule has 2 aromatic carbocycles. The number of aromatic nitrogens is 2. The van der Waals surface area contributed by atoms with Crippen molar-refractivity contribution >= 4 is 44.2 Å². The van der Waals surface area contributed by atoms with Gasteiger partial charge in [0, 0.05) is 35.9 Å². The zero-order valence-electron chi connectivity index (χ0n) is 18.2. The molecule has 2 aromatic heterocycles. The molecule has 1 aliphatic rings. The number of rotatable bonds is 5. The number of aromatic amines is 1. The summed E-state index contributed by atoms with van der Waals surface area (Å²) in [6.07, 6.45) is 4.81. The number of carbonyl (C=O) groups excluding carboxylic acids is 1. The van der Waals surface area contributed by atoms with Crippen molar-refractivity contribution < 1.29 is 17.9 Å². The van der Waals surface area contributed by atoms with Gasteiger partial charge >= 0.3 is 5.97 Å². The number of hydrogen-bond donors (Lipinski definition) is 2. The van der Waals surface area contributed by atoms with Crippen LogP contribution in [-0.4, -0.2) is 43.5 Å². The van der Waals surface area contributed by atoms with Gasteiger partial charge in [0.05, 0.1) is 18.5 Å². The highest BCUT2D eigenvalue weighted by Crippen LogP contribution is 2.33. The van der Waals surface area contributed by atoms with Crippen LogP contribution < -0.4 is 9.62 Å². The molecule has 9 nitrogen and oxygen atoms in total. The van der Waals surface area contributed by atoms with Crippen molar-refractivity contribution in [3.8, 4) is 0 Å². The Kier molecular flexibility index (Phi) is 5.50. The van der Waals surface area contributed by atoms with E-state index < -0.39 is 22.0 Å². The molecular weight excluding hydrogens is 454 g/mol. The summed E-state index contributed by atoms with van der Waals surface area (Å²) >= 11 is 0. The second-order valence-corrected chi connectivity index (χ2v) is 9.41. The van der Waals surface area contributed by atoms with Crippen LogP contribution in [0.4, 0.5) is 11.4 Å². The number of aliphatic imine (C=N–C) groups is 1. The van der Waals surface area contributed by atoms with Gasteiger partial charge in [0.1, 0.15) is 4.90 Å². The number of benzene rings is 2. The van der Waals surface area contributed by atoms with Gasteiger partial charge in [-0.15, -0.1) is 0 Å². The Hall–Kier alpha value is -4.18. The minimum atomic E-state index is -4.04. The largest absolute Gasteiger partial charge is 0.467 e. The van der Waals surface area contributed by atoms with E-state index in [1.165, 1.54) is 19.5 Å². The van der Waals surface area contributed by atoms with Crippen molar-refractivity contribution in [1.82, 2.24) is 9.97 Å². The number of nitrogens with one attached hydrogen (secondary N) is 2. The van der Waals surface area contributed by atoms with Crippen LogP contribution in [0.2, 0.25) is 0 Å². The fraction of sp³-hybridized carbons (Fsp3) is 0.125. The van der Waals surface area contributed by atoms with Crippen molar-refractivity contribution in [3.05, 3.63) is 84.8 Å². The molecule has 34 heavy (non-hydrogen) atoms. The minimum absolute atomic E-state index is 0.000131. The molecule has 0 saturated carbocycles. The van der Waals surface area contributed by atoms with Crippen molar-refractivity contribution in [2.45, 2.75) is 17.4 Å². The first kappa shape index (κ1) is 21.7. The second kappa shape index (κ2) is 8.64. The van der Waals surface area contributed by atoms with E-state index in [0.29, 0.717) is 11.4 Å². The molecule has 3 heterocycles. The summed E-state index contributed by atoms with van der Waals surface area (Å²) in [4.78, 5) is 24.5. The molecule has 1 unspecified atom stereocenters. The Balaban J connectivity index is 1.63. The fourth-order valence-electron chi connectivity index (χ4n) is 3.96. The van der Waals surface area contributed by atoms with Gasteiger partial charge in [-0.25, -0.2) is 22.5 Å². The normalized spacial score (nSPS) is 16.6. The molecule has 1 aliphatic heterocycles. The summed E-state index contributed by atoms with van der Waals surface area (Å²) < 4.78 is 33.2. The lowest BCUT2D eigenvalue weighted by atomic mass is 10.1. The molecule has 0 amide bonds. The first-order valence-electron chi connectivity index (χ1n) is 10.5. The lowest BCUT2D eigenvalue weighted by Gasteiger charge is -2.32. The van der Waals surface area contributed by atoms with Gasteiger partial charge in [0.2, 0.25) is 5.96 Å². The third kappa shape index (κ3) is 3.77. The Morgan fingerprint density at radius 1 is 1.12 bits per heavy atom. The van der Waals surface area contributed by atoms with Crippen LogP contribution in [0.5, 0.6) is 0 Å². The summed E-state index contributed by atoms with van der Waals surface area (Å²) in [5.74, 6) is -0.578. The number of methoxy groups -OCH3 is 1. The Morgan fingerprint density at radius 2 is 1.88 bits per heavy atom. The molecule has 0 radical (unpaired) electrons. The lowest BCUT2D eigenvalue weighted by Crippen LogP contribution is -2.46. The summed E-state index contributed by atoms with van der Waals surface area (Å²) in [7, 11) is -2.76. The maximum atomic E-state index is 13.6. The standard InChI is InChI=1S/C24H21N5O4S/c1-33-23(30)21(13-16-14-26-19-10-6-5-9-18(16)19)28-24-27-20-11-12-25-15-22(20)34(31,32)29(24)17-7-3-2-4-8-17/h2-12,14-15,21,26H,13H2,1H3,(H,27,28). The second-order valence-electron chi connectivity index (χ2n) is 7.66. The molecule has 4 aromatic rings. The van der Waals surface area contributed by atoms with E-state index in [4.69, 9.17) is 4.74 Å². The van der Waals surface area contributed by atoms with E-state index in [1.54, 1.807) is 36.4 Å². The number of carbonyl (C=O) groups is 1. The van der Waals surface area contributed by atoms with Gasteiger partial charge in [-0.05, 0) is 29.8 Å². The molecule has 0 saturated heterocycles. The molecule has 1 atom stereocenters. The Bertz CT molecular complexity index is 1500. The molecule has 0 spiro atoms. The van der Waals surface area contributed by atoms with E-state index >= 15 is 0 Å². The molecule has 172 valence electrons. The number of sulfonamides is 1. The molecule has 0 aliphatic carbocycles. The molecular formula is C24H21N5O4S. The van der Waals surface area contributed by atoms with Crippen molar-refractivity contribution in [2.75, 3.05) is 16.7 Å². The van der Waals surface area contributed by atoms with E-state index in [0.717, 1.165) is 20.8 Å². The van der Waals surface area contributed by atoms with Gasteiger partial charge in [0.15, 0.2) is 6.04 Å². The van der Waals surface area contributed by atoms with Crippen LogP contribution in [0.25, 0.3) is 10.9 Å². The predicted octanol–water partition coefficient (Wildman–Crippen LogP) is 3.32. The number of fused-ring (bicyclic) bond motifs is 2. The number of H-pyrrole nitrogens is 1. The van der Waals surface area contributed by atoms with Gasteiger partial charge in [0.25, 0.3) is 10.0 Å².